The van der Waals surface area contributed by atoms with Gasteiger partial charge in [0.25, 0.3) is 0 Å². The Morgan fingerprint density at radius 1 is 1.50 bits per heavy atom. The fraction of sp³-hybridized carbons (Fsp3) is 0.455. The van der Waals surface area contributed by atoms with Gasteiger partial charge in [-0.15, -0.1) is 0 Å². The van der Waals surface area contributed by atoms with E-state index in [1.54, 1.807) is 0 Å². The first kappa shape index (κ1) is 10.1. The van der Waals surface area contributed by atoms with Gasteiger partial charge in [-0.2, -0.15) is 0 Å². The second-order valence-electron chi connectivity index (χ2n) is 4.27. The van der Waals surface area contributed by atoms with Crippen LogP contribution in [-0.4, -0.2) is 28.7 Å². The van der Waals surface area contributed by atoms with Crippen molar-refractivity contribution in [3.63, 3.8) is 0 Å². The van der Waals surface area contributed by atoms with Crippen LogP contribution in [-0.2, 0) is 6.54 Å². The Morgan fingerprint density at radius 2 is 2.21 bits per heavy atom. The second kappa shape index (κ2) is 3.65. The summed E-state index contributed by atoms with van der Waals surface area (Å²) < 4.78 is 1.11. The fourth-order valence-electron chi connectivity index (χ4n) is 1.92. The maximum Gasteiger partial charge on any atom is 0.0872 e. The van der Waals surface area contributed by atoms with Gasteiger partial charge in [-0.05, 0) is 24.6 Å². The summed E-state index contributed by atoms with van der Waals surface area (Å²) in [6.45, 7) is 4.36. The third-order valence-electron chi connectivity index (χ3n) is 2.42. The molecule has 1 N–H and O–H groups in total. The lowest BCUT2D eigenvalue weighted by Gasteiger charge is -2.44. The maximum atomic E-state index is 9.57. The monoisotopic (exact) mass is 255 g/mol. The second-order valence-corrected chi connectivity index (χ2v) is 5.19. The molecule has 1 aromatic rings. The van der Waals surface area contributed by atoms with E-state index >= 15 is 0 Å². The van der Waals surface area contributed by atoms with E-state index in [2.05, 4.69) is 33.0 Å². The van der Waals surface area contributed by atoms with Crippen LogP contribution in [0.3, 0.4) is 0 Å². The first-order chi connectivity index (χ1) is 6.55. The number of benzene rings is 1. The lowest BCUT2D eigenvalue weighted by atomic mass is 9.96. The van der Waals surface area contributed by atoms with E-state index in [9.17, 15) is 5.11 Å². The highest BCUT2D eigenvalue weighted by atomic mass is 79.9. The van der Waals surface area contributed by atoms with Crippen LogP contribution >= 0.6 is 15.9 Å². The summed E-state index contributed by atoms with van der Waals surface area (Å²) in [5.74, 6) is 0. The van der Waals surface area contributed by atoms with Gasteiger partial charge in [0, 0.05) is 24.1 Å². The first-order valence-electron chi connectivity index (χ1n) is 4.74. The van der Waals surface area contributed by atoms with Crippen molar-refractivity contribution in [3.05, 3.63) is 34.3 Å². The number of hydrogen-bond donors (Lipinski definition) is 1. The molecule has 0 atom stereocenters. The summed E-state index contributed by atoms with van der Waals surface area (Å²) in [5.41, 5.74) is 0.821. The lowest BCUT2D eigenvalue weighted by molar-refractivity contribution is -0.0871. The average molecular weight is 256 g/mol. The van der Waals surface area contributed by atoms with Gasteiger partial charge in [0.2, 0.25) is 0 Å². The molecular formula is C11H14BrNO. The minimum atomic E-state index is -0.466. The molecule has 0 aromatic heterocycles. The van der Waals surface area contributed by atoms with Gasteiger partial charge in [0.1, 0.15) is 0 Å². The van der Waals surface area contributed by atoms with E-state index in [4.69, 9.17) is 0 Å². The molecular weight excluding hydrogens is 242 g/mol. The van der Waals surface area contributed by atoms with Crippen LogP contribution in [0.4, 0.5) is 0 Å². The van der Waals surface area contributed by atoms with Gasteiger partial charge in [-0.3, -0.25) is 4.90 Å². The van der Waals surface area contributed by atoms with Crippen molar-refractivity contribution in [1.82, 2.24) is 4.90 Å². The van der Waals surface area contributed by atoms with E-state index in [1.807, 2.05) is 19.1 Å². The van der Waals surface area contributed by atoms with Gasteiger partial charge < -0.3 is 5.11 Å². The van der Waals surface area contributed by atoms with Gasteiger partial charge in [-0.25, -0.2) is 0 Å². The van der Waals surface area contributed by atoms with E-state index in [0.717, 1.165) is 24.1 Å². The topological polar surface area (TPSA) is 23.5 Å². The highest BCUT2D eigenvalue weighted by molar-refractivity contribution is 9.10. The molecule has 2 rings (SSSR count). The number of aliphatic hydroxyl groups is 1. The molecule has 1 saturated heterocycles. The summed E-state index contributed by atoms with van der Waals surface area (Å²) in [6.07, 6.45) is 0. The minimum Gasteiger partial charge on any atom is -0.388 e. The zero-order valence-corrected chi connectivity index (χ0v) is 9.79. The molecule has 0 aliphatic carbocycles. The summed E-state index contributed by atoms with van der Waals surface area (Å²) in [6, 6.07) is 8.29. The highest BCUT2D eigenvalue weighted by Crippen LogP contribution is 2.22. The van der Waals surface area contributed by atoms with Crippen LogP contribution in [0.25, 0.3) is 0 Å². The maximum absolute atomic E-state index is 9.57. The molecule has 0 saturated carbocycles. The lowest BCUT2D eigenvalue weighted by Crippen LogP contribution is -2.59. The summed E-state index contributed by atoms with van der Waals surface area (Å²) in [5, 5.41) is 9.57. The summed E-state index contributed by atoms with van der Waals surface area (Å²) in [7, 11) is 0. The van der Waals surface area contributed by atoms with Crippen molar-refractivity contribution in [3.8, 4) is 0 Å². The third kappa shape index (κ3) is 2.35. The molecule has 0 spiro atoms. The Kier molecular flexibility index (Phi) is 2.64. The zero-order valence-electron chi connectivity index (χ0n) is 8.20. The molecule has 1 aromatic carbocycles. The van der Waals surface area contributed by atoms with Crippen molar-refractivity contribution < 1.29 is 5.11 Å². The normalized spacial score (nSPS) is 20.5. The number of hydrogen-bond acceptors (Lipinski definition) is 2. The molecule has 0 unspecified atom stereocenters. The van der Waals surface area contributed by atoms with Crippen molar-refractivity contribution in [2.24, 2.45) is 0 Å². The van der Waals surface area contributed by atoms with Crippen LogP contribution in [0.1, 0.15) is 12.5 Å². The molecule has 1 fully saturated rings. The molecule has 1 aliphatic heterocycles. The third-order valence-corrected chi connectivity index (χ3v) is 2.92. The van der Waals surface area contributed by atoms with Crippen molar-refractivity contribution in [2.75, 3.05) is 13.1 Å². The Bertz CT molecular complexity index is 330. The standard InChI is InChI=1S/C11H14BrNO/c1-11(14)7-13(8-11)6-9-3-2-4-10(12)5-9/h2-5,14H,6-8H2,1H3. The quantitative estimate of drug-likeness (QED) is 0.875. The molecule has 0 radical (unpaired) electrons. The summed E-state index contributed by atoms with van der Waals surface area (Å²) in [4.78, 5) is 2.24. The van der Waals surface area contributed by atoms with E-state index in [0.29, 0.717) is 0 Å². The smallest absolute Gasteiger partial charge is 0.0872 e. The molecule has 2 nitrogen and oxygen atoms in total. The van der Waals surface area contributed by atoms with E-state index < -0.39 is 5.60 Å². The number of likely N-dealkylation sites (tertiary alicyclic amines) is 1. The first-order valence-corrected chi connectivity index (χ1v) is 5.54. The predicted molar refractivity (Wildman–Crippen MR) is 60.0 cm³/mol. The van der Waals surface area contributed by atoms with Crippen molar-refractivity contribution in [1.29, 1.82) is 0 Å². The van der Waals surface area contributed by atoms with Crippen LogP contribution in [0.2, 0.25) is 0 Å². The van der Waals surface area contributed by atoms with Crippen LogP contribution in [0, 0.1) is 0 Å². The van der Waals surface area contributed by atoms with Crippen LogP contribution < -0.4 is 0 Å². The van der Waals surface area contributed by atoms with Gasteiger partial charge in [-0.1, -0.05) is 28.1 Å². The molecule has 76 valence electrons. The summed E-state index contributed by atoms with van der Waals surface area (Å²) >= 11 is 3.45. The largest absolute Gasteiger partial charge is 0.388 e. The van der Waals surface area contributed by atoms with Crippen molar-refractivity contribution in [2.45, 2.75) is 19.1 Å². The number of nitrogens with zero attached hydrogens (tertiary/aromatic N) is 1. The molecule has 0 amide bonds. The number of rotatable bonds is 2. The SMILES string of the molecule is CC1(O)CN(Cc2cccc(Br)c2)C1. The molecule has 1 heterocycles. The van der Waals surface area contributed by atoms with Crippen molar-refractivity contribution >= 4 is 15.9 Å². The van der Waals surface area contributed by atoms with Gasteiger partial charge in [0.05, 0.1) is 5.60 Å². The van der Waals surface area contributed by atoms with E-state index in [-0.39, 0.29) is 0 Å². The fourth-order valence-corrected chi connectivity index (χ4v) is 2.37. The predicted octanol–water partition coefficient (Wildman–Crippen LogP) is 2.02. The Morgan fingerprint density at radius 3 is 2.79 bits per heavy atom. The van der Waals surface area contributed by atoms with Crippen LogP contribution in [0.15, 0.2) is 28.7 Å². The van der Waals surface area contributed by atoms with Gasteiger partial charge in [0.15, 0.2) is 0 Å². The molecule has 14 heavy (non-hydrogen) atoms. The zero-order chi connectivity index (χ0) is 10.2. The average Bonchev–Trinajstić information content (AvgIpc) is 2.00. The van der Waals surface area contributed by atoms with E-state index in [1.165, 1.54) is 5.56 Å². The Hall–Kier alpha value is -0.380. The Balaban J connectivity index is 1.93. The molecule has 3 heteroatoms. The highest BCUT2D eigenvalue weighted by Gasteiger charge is 2.35. The van der Waals surface area contributed by atoms with Gasteiger partial charge >= 0.3 is 0 Å². The van der Waals surface area contributed by atoms with Crippen LogP contribution in [0.5, 0.6) is 0 Å². The molecule has 1 aliphatic rings. The molecule has 0 bridgehead atoms. The number of β-amino-alcohol motifs (C(OH)–C–C–N with tert-alkyl or cyclic N) is 1. The Labute approximate surface area is 92.7 Å². The number of halogens is 1. The minimum absolute atomic E-state index is 0.466.